The van der Waals surface area contributed by atoms with E-state index in [4.69, 9.17) is 0 Å². The lowest BCUT2D eigenvalue weighted by Crippen LogP contribution is -2.22. The summed E-state index contributed by atoms with van der Waals surface area (Å²) in [5, 5.41) is 0. The van der Waals surface area contributed by atoms with Crippen LogP contribution < -0.4 is 0 Å². The predicted molar refractivity (Wildman–Crippen MR) is 48.0 cm³/mol. The van der Waals surface area contributed by atoms with Crippen molar-refractivity contribution in [2.45, 2.75) is 19.3 Å². The Morgan fingerprint density at radius 3 is 2.50 bits per heavy atom. The number of carbonyl (C=O) groups is 1. The summed E-state index contributed by atoms with van der Waals surface area (Å²) in [7, 11) is 0. The van der Waals surface area contributed by atoms with Crippen molar-refractivity contribution < 1.29 is 13.6 Å². The number of hydrogen-bond donors (Lipinski definition) is 0. The second kappa shape index (κ2) is 3.48. The van der Waals surface area contributed by atoms with Crippen LogP contribution in [0.15, 0.2) is 18.2 Å². The highest BCUT2D eigenvalue weighted by molar-refractivity contribution is 5.98. The van der Waals surface area contributed by atoms with Crippen molar-refractivity contribution in [3.05, 3.63) is 35.4 Å². The molecule has 1 aliphatic rings. The van der Waals surface area contributed by atoms with Gasteiger partial charge in [0.1, 0.15) is 11.6 Å². The topological polar surface area (TPSA) is 17.1 Å². The van der Waals surface area contributed by atoms with Gasteiger partial charge in [-0.25, -0.2) is 8.78 Å². The van der Waals surface area contributed by atoms with E-state index in [1.54, 1.807) is 0 Å². The highest BCUT2D eigenvalue weighted by atomic mass is 19.1. The number of rotatable bonds is 2. The lowest BCUT2D eigenvalue weighted by molar-refractivity contribution is 0.0851. The molecule has 1 aliphatic carbocycles. The fourth-order valence-electron chi connectivity index (χ4n) is 1.58. The van der Waals surface area contributed by atoms with Gasteiger partial charge in [0.05, 0.1) is 5.56 Å². The number of ketones is 1. The van der Waals surface area contributed by atoms with Gasteiger partial charge in [-0.3, -0.25) is 4.79 Å². The fraction of sp³-hybridized carbons (Fsp3) is 0.364. The summed E-state index contributed by atoms with van der Waals surface area (Å²) < 4.78 is 25.7. The van der Waals surface area contributed by atoms with E-state index in [9.17, 15) is 13.6 Å². The fourth-order valence-corrected chi connectivity index (χ4v) is 1.58. The van der Waals surface area contributed by atoms with E-state index in [1.807, 2.05) is 0 Å². The predicted octanol–water partition coefficient (Wildman–Crippen LogP) is 2.95. The Balaban J connectivity index is 2.26. The van der Waals surface area contributed by atoms with Crippen LogP contribution in [-0.4, -0.2) is 5.78 Å². The Morgan fingerprint density at radius 2 is 2.00 bits per heavy atom. The molecule has 0 radical (unpaired) electrons. The number of hydrogen-bond acceptors (Lipinski definition) is 1. The Bertz CT molecular complexity index is 370. The second-order valence-electron chi connectivity index (χ2n) is 3.62. The molecular formula is C11H10F2O. The van der Waals surface area contributed by atoms with Gasteiger partial charge in [-0.05, 0) is 25.0 Å². The summed E-state index contributed by atoms with van der Waals surface area (Å²) in [6, 6.07) is 3.10. The number of benzene rings is 1. The Hall–Kier alpha value is -1.25. The van der Waals surface area contributed by atoms with Gasteiger partial charge >= 0.3 is 0 Å². The minimum atomic E-state index is -0.748. The van der Waals surface area contributed by atoms with Crippen molar-refractivity contribution in [1.29, 1.82) is 0 Å². The molecule has 0 aromatic heterocycles. The lowest BCUT2D eigenvalue weighted by Gasteiger charge is -2.23. The molecule has 3 heteroatoms. The molecule has 0 atom stereocenters. The number of carbonyl (C=O) groups excluding carboxylic acids is 1. The molecule has 0 amide bonds. The summed E-state index contributed by atoms with van der Waals surface area (Å²) >= 11 is 0. The average molecular weight is 196 g/mol. The van der Waals surface area contributed by atoms with Crippen LogP contribution in [0.25, 0.3) is 0 Å². The maximum atomic E-state index is 13.2. The molecule has 2 rings (SSSR count). The van der Waals surface area contributed by atoms with Crippen molar-refractivity contribution in [3.63, 3.8) is 0 Å². The van der Waals surface area contributed by atoms with Crippen LogP contribution in [0.5, 0.6) is 0 Å². The molecule has 0 saturated heterocycles. The third kappa shape index (κ3) is 1.54. The van der Waals surface area contributed by atoms with Crippen LogP contribution in [0.3, 0.4) is 0 Å². The molecule has 1 aromatic rings. The second-order valence-corrected chi connectivity index (χ2v) is 3.62. The highest BCUT2D eigenvalue weighted by Crippen LogP contribution is 2.30. The smallest absolute Gasteiger partial charge is 0.168 e. The van der Waals surface area contributed by atoms with Gasteiger partial charge in [-0.1, -0.05) is 6.42 Å². The van der Waals surface area contributed by atoms with Crippen molar-refractivity contribution in [2.75, 3.05) is 0 Å². The number of halogens is 2. The first kappa shape index (κ1) is 9.31. The summed E-state index contributed by atoms with van der Waals surface area (Å²) in [4.78, 5) is 11.6. The van der Waals surface area contributed by atoms with E-state index in [0.717, 1.165) is 31.4 Å². The summed E-state index contributed by atoms with van der Waals surface area (Å²) in [5.41, 5.74) is 0.0242. The van der Waals surface area contributed by atoms with Gasteiger partial charge in [-0.2, -0.15) is 0 Å². The molecule has 1 nitrogen and oxygen atoms in total. The monoisotopic (exact) mass is 196 g/mol. The SMILES string of the molecule is O=C(c1ccc(F)cc1F)C1CCC1. The zero-order chi connectivity index (χ0) is 10.1. The molecule has 0 N–H and O–H groups in total. The Morgan fingerprint density at radius 1 is 1.29 bits per heavy atom. The van der Waals surface area contributed by atoms with E-state index in [0.29, 0.717) is 0 Å². The minimum absolute atomic E-state index is 0.0242. The van der Waals surface area contributed by atoms with Crippen molar-refractivity contribution in [2.24, 2.45) is 5.92 Å². The van der Waals surface area contributed by atoms with Crippen LogP contribution in [0.2, 0.25) is 0 Å². The zero-order valence-corrected chi connectivity index (χ0v) is 7.59. The molecule has 1 aromatic carbocycles. The van der Waals surface area contributed by atoms with Gasteiger partial charge in [0.25, 0.3) is 0 Å². The van der Waals surface area contributed by atoms with Crippen LogP contribution >= 0.6 is 0 Å². The van der Waals surface area contributed by atoms with E-state index in [-0.39, 0.29) is 17.3 Å². The molecule has 0 bridgehead atoms. The summed E-state index contributed by atoms with van der Waals surface area (Å²) in [6.45, 7) is 0. The standard InChI is InChI=1S/C11H10F2O/c12-8-4-5-9(10(13)6-8)11(14)7-2-1-3-7/h4-7H,1-3H2. The maximum absolute atomic E-state index is 13.2. The van der Waals surface area contributed by atoms with Gasteiger partial charge in [0.2, 0.25) is 0 Å². The van der Waals surface area contributed by atoms with Crippen LogP contribution in [0.4, 0.5) is 8.78 Å². The van der Waals surface area contributed by atoms with Gasteiger partial charge in [0.15, 0.2) is 5.78 Å². The molecule has 0 heterocycles. The first-order valence-corrected chi connectivity index (χ1v) is 4.68. The molecule has 14 heavy (non-hydrogen) atoms. The van der Waals surface area contributed by atoms with Crippen LogP contribution in [0, 0.1) is 17.6 Å². The first-order chi connectivity index (χ1) is 6.68. The van der Waals surface area contributed by atoms with Gasteiger partial charge < -0.3 is 0 Å². The summed E-state index contributed by atoms with van der Waals surface area (Å²) in [5.74, 6) is -1.63. The van der Waals surface area contributed by atoms with E-state index in [2.05, 4.69) is 0 Å². The average Bonchev–Trinajstić information content (AvgIpc) is 2.00. The molecule has 0 spiro atoms. The highest BCUT2D eigenvalue weighted by Gasteiger charge is 2.27. The first-order valence-electron chi connectivity index (χ1n) is 4.68. The molecular weight excluding hydrogens is 186 g/mol. The van der Waals surface area contributed by atoms with Crippen molar-refractivity contribution in [1.82, 2.24) is 0 Å². The largest absolute Gasteiger partial charge is 0.294 e. The Kier molecular flexibility index (Phi) is 2.32. The quantitative estimate of drug-likeness (QED) is 0.664. The van der Waals surface area contributed by atoms with Crippen LogP contribution in [0.1, 0.15) is 29.6 Å². The van der Waals surface area contributed by atoms with Crippen LogP contribution in [-0.2, 0) is 0 Å². The molecule has 74 valence electrons. The maximum Gasteiger partial charge on any atom is 0.168 e. The van der Waals surface area contributed by atoms with E-state index >= 15 is 0 Å². The van der Waals surface area contributed by atoms with Gasteiger partial charge in [-0.15, -0.1) is 0 Å². The zero-order valence-electron chi connectivity index (χ0n) is 7.59. The normalized spacial score (nSPS) is 16.4. The third-order valence-corrected chi connectivity index (χ3v) is 2.67. The molecule has 0 unspecified atom stereocenters. The minimum Gasteiger partial charge on any atom is -0.294 e. The van der Waals surface area contributed by atoms with E-state index in [1.165, 1.54) is 6.07 Å². The Labute approximate surface area is 80.7 Å². The number of Topliss-reactive ketones (excluding diaryl/α,β-unsaturated/α-hetero) is 1. The van der Waals surface area contributed by atoms with Gasteiger partial charge in [0, 0.05) is 12.0 Å². The van der Waals surface area contributed by atoms with E-state index < -0.39 is 11.6 Å². The van der Waals surface area contributed by atoms with Crippen molar-refractivity contribution >= 4 is 5.78 Å². The molecule has 0 aliphatic heterocycles. The molecule has 1 saturated carbocycles. The lowest BCUT2D eigenvalue weighted by atomic mass is 9.80. The molecule has 1 fully saturated rings. The third-order valence-electron chi connectivity index (χ3n) is 2.67. The summed E-state index contributed by atoms with van der Waals surface area (Å²) in [6.07, 6.45) is 2.69. The van der Waals surface area contributed by atoms with Crippen molar-refractivity contribution in [3.8, 4) is 0 Å².